The van der Waals surface area contributed by atoms with E-state index in [-0.39, 0.29) is 0 Å². The first-order valence-electron chi connectivity index (χ1n) is 6.00. The highest BCUT2D eigenvalue weighted by atomic mass is 79.9. The van der Waals surface area contributed by atoms with Gasteiger partial charge >= 0.3 is 0 Å². The van der Waals surface area contributed by atoms with Gasteiger partial charge in [0, 0.05) is 21.6 Å². The monoisotopic (exact) mass is 321 g/mol. The van der Waals surface area contributed by atoms with Gasteiger partial charge in [-0.25, -0.2) is 0 Å². The van der Waals surface area contributed by atoms with Crippen molar-refractivity contribution >= 4 is 33.4 Å². The Bertz CT molecular complexity index is 513. The lowest BCUT2D eigenvalue weighted by Crippen LogP contribution is -2.01. The van der Waals surface area contributed by atoms with Crippen molar-refractivity contribution in [2.45, 2.75) is 18.4 Å². The number of benzene rings is 2. The number of anilines is 1. The van der Waals surface area contributed by atoms with Crippen LogP contribution in [0.4, 0.5) is 5.69 Å². The van der Waals surface area contributed by atoms with Crippen LogP contribution in [0.5, 0.6) is 0 Å². The third-order valence-electron chi connectivity index (χ3n) is 2.61. The topological polar surface area (TPSA) is 12.0 Å². The van der Waals surface area contributed by atoms with E-state index >= 15 is 0 Å². The zero-order valence-electron chi connectivity index (χ0n) is 10.3. The summed E-state index contributed by atoms with van der Waals surface area (Å²) < 4.78 is 1.15. The van der Waals surface area contributed by atoms with Crippen LogP contribution in [-0.2, 0) is 6.54 Å². The molecule has 0 heterocycles. The molecule has 0 fully saturated rings. The Labute approximate surface area is 121 Å². The van der Waals surface area contributed by atoms with Crippen LogP contribution < -0.4 is 5.32 Å². The lowest BCUT2D eigenvalue weighted by atomic mass is 10.2. The fourth-order valence-corrected chi connectivity index (χ4v) is 2.93. The van der Waals surface area contributed by atoms with Gasteiger partial charge in [0.25, 0.3) is 0 Å². The van der Waals surface area contributed by atoms with Crippen molar-refractivity contribution in [3.05, 3.63) is 58.6 Å². The molecule has 0 aliphatic carbocycles. The van der Waals surface area contributed by atoms with Crippen LogP contribution in [0.3, 0.4) is 0 Å². The number of rotatable bonds is 5. The molecule has 0 aromatic heterocycles. The Kier molecular flexibility index (Phi) is 5.14. The fraction of sp³-hybridized carbons (Fsp3) is 0.200. The Morgan fingerprint density at radius 3 is 2.56 bits per heavy atom. The second kappa shape index (κ2) is 6.86. The summed E-state index contributed by atoms with van der Waals surface area (Å²) in [5.74, 6) is 1.09. The Morgan fingerprint density at radius 2 is 1.78 bits per heavy atom. The van der Waals surface area contributed by atoms with Crippen LogP contribution in [-0.4, -0.2) is 5.75 Å². The summed E-state index contributed by atoms with van der Waals surface area (Å²) in [6, 6.07) is 16.8. The standard InChI is InChI=1S/C15H16BrNS/c1-2-18-15-10-6-5-9-14(15)17-11-12-7-3-4-8-13(12)16/h3-10,17H,2,11H2,1H3. The molecule has 1 N–H and O–H groups in total. The molecule has 2 rings (SSSR count). The van der Waals surface area contributed by atoms with Crippen molar-refractivity contribution < 1.29 is 0 Å². The molecular weight excluding hydrogens is 306 g/mol. The van der Waals surface area contributed by atoms with Crippen LogP contribution >= 0.6 is 27.7 Å². The molecule has 0 bridgehead atoms. The maximum absolute atomic E-state index is 3.57. The van der Waals surface area contributed by atoms with E-state index in [1.165, 1.54) is 16.1 Å². The van der Waals surface area contributed by atoms with E-state index in [0.29, 0.717) is 0 Å². The third-order valence-corrected chi connectivity index (χ3v) is 4.34. The largest absolute Gasteiger partial charge is 0.380 e. The molecule has 2 aromatic rings. The Morgan fingerprint density at radius 1 is 1.06 bits per heavy atom. The Balaban J connectivity index is 2.08. The maximum atomic E-state index is 3.57. The minimum atomic E-state index is 0.836. The summed E-state index contributed by atoms with van der Waals surface area (Å²) in [6.45, 7) is 3.01. The number of hydrogen-bond donors (Lipinski definition) is 1. The summed E-state index contributed by atoms with van der Waals surface area (Å²) in [5, 5.41) is 3.50. The summed E-state index contributed by atoms with van der Waals surface area (Å²) in [4.78, 5) is 1.31. The van der Waals surface area contributed by atoms with E-state index in [9.17, 15) is 0 Å². The highest BCUT2D eigenvalue weighted by Crippen LogP contribution is 2.27. The summed E-state index contributed by atoms with van der Waals surface area (Å²) in [6.07, 6.45) is 0. The van der Waals surface area contributed by atoms with Crippen LogP contribution in [0.15, 0.2) is 57.9 Å². The van der Waals surface area contributed by atoms with E-state index in [1.807, 2.05) is 17.8 Å². The van der Waals surface area contributed by atoms with Crippen molar-refractivity contribution in [1.82, 2.24) is 0 Å². The minimum absolute atomic E-state index is 0.836. The second-order valence-electron chi connectivity index (χ2n) is 3.87. The van der Waals surface area contributed by atoms with Gasteiger partial charge in [-0.15, -0.1) is 11.8 Å². The second-order valence-corrected chi connectivity index (χ2v) is 6.03. The molecular formula is C15H16BrNS. The van der Waals surface area contributed by atoms with Gasteiger partial charge in [-0.05, 0) is 29.5 Å². The van der Waals surface area contributed by atoms with Gasteiger partial charge in [-0.3, -0.25) is 0 Å². The Hall–Kier alpha value is -0.930. The molecule has 1 nitrogen and oxygen atoms in total. The van der Waals surface area contributed by atoms with Gasteiger partial charge in [0.05, 0.1) is 0 Å². The number of para-hydroxylation sites is 1. The SMILES string of the molecule is CCSc1ccccc1NCc1ccccc1Br. The number of thioether (sulfide) groups is 1. The smallest absolute Gasteiger partial charge is 0.0481 e. The molecule has 3 heteroatoms. The lowest BCUT2D eigenvalue weighted by molar-refractivity contribution is 1.12. The molecule has 0 spiro atoms. The van der Waals surface area contributed by atoms with Crippen LogP contribution in [0.25, 0.3) is 0 Å². The molecule has 0 radical (unpaired) electrons. The quantitative estimate of drug-likeness (QED) is 0.762. The van der Waals surface area contributed by atoms with Gasteiger partial charge in [0.15, 0.2) is 0 Å². The first-order valence-corrected chi connectivity index (χ1v) is 7.78. The minimum Gasteiger partial charge on any atom is -0.380 e. The lowest BCUT2D eigenvalue weighted by Gasteiger charge is -2.12. The third kappa shape index (κ3) is 3.53. The van der Waals surface area contributed by atoms with Gasteiger partial charge in [-0.1, -0.05) is 53.2 Å². The molecule has 0 amide bonds. The van der Waals surface area contributed by atoms with Gasteiger partial charge < -0.3 is 5.32 Å². The molecule has 0 saturated carbocycles. The molecule has 0 saturated heterocycles. The maximum Gasteiger partial charge on any atom is 0.0481 e. The molecule has 0 aliphatic heterocycles. The first kappa shape index (κ1) is 13.5. The van der Waals surface area contributed by atoms with Crippen LogP contribution in [0, 0.1) is 0 Å². The van der Waals surface area contributed by atoms with Crippen LogP contribution in [0.2, 0.25) is 0 Å². The fourth-order valence-electron chi connectivity index (χ4n) is 1.73. The molecule has 0 aliphatic rings. The normalized spacial score (nSPS) is 10.3. The summed E-state index contributed by atoms with van der Waals surface area (Å²) >= 11 is 5.44. The van der Waals surface area contributed by atoms with Crippen molar-refractivity contribution in [1.29, 1.82) is 0 Å². The van der Waals surface area contributed by atoms with E-state index < -0.39 is 0 Å². The predicted molar refractivity (Wildman–Crippen MR) is 84.3 cm³/mol. The molecule has 0 atom stereocenters. The van der Waals surface area contributed by atoms with E-state index in [2.05, 4.69) is 70.6 Å². The molecule has 0 unspecified atom stereocenters. The van der Waals surface area contributed by atoms with Gasteiger partial charge in [0.2, 0.25) is 0 Å². The zero-order valence-corrected chi connectivity index (χ0v) is 12.7. The highest BCUT2D eigenvalue weighted by molar-refractivity contribution is 9.10. The van der Waals surface area contributed by atoms with Crippen molar-refractivity contribution in [3.8, 4) is 0 Å². The van der Waals surface area contributed by atoms with E-state index in [4.69, 9.17) is 0 Å². The summed E-state index contributed by atoms with van der Waals surface area (Å²) in [7, 11) is 0. The number of nitrogens with one attached hydrogen (secondary N) is 1. The summed E-state index contributed by atoms with van der Waals surface area (Å²) in [5.41, 5.74) is 2.48. The predicted octanol–water partition coefficient (Wildman–Crippen LogP) is 5.17. The van der Waals surface area contributed by atoms with Crippen molar-refractivity contribution in [3.63, 3.8) is 0 Å². The molecule has 94 valence electrons. The average Bonchev–Trinajstić information content (AvgIpc) is 2.40. The molecule has 18 heavy (non-hydrogen) atoms. The van der Waals surface area contributed by atoms with Crippen molar-refractivity contribution in [2.75, 3.05) is 11.1 Å². The zero-order chi connectivity index (χ0) is 12.8. The highest BCUT2D eigenvalue weighted by Gasteiger charge is 2.02. The van der Waals surface area contributed by atoms with E-state index in [1.54, 1.807) is 0 Å². The number of hydrogen-bond acceptors (Lipinski definition) is 2. The van der Waals surface area contributed by atoms with E-state index in [0.717, 1.165) is 16.8 Å². The molecule has 2 aromatic carbocycles. The van der Waals surface area contributed by atoms with Crippen LogP contribution in [0.1, 0.15) is 12.5 Å². The first-order chi connectivity index (χ1) is 8.81. The number of halogens is 1. The average molecular weight is 322 g/mol. The van der Waals surface area contributed by atoms with Gasteiger partial charge in [-0.2, -0.15) is 0 Å². The van der Waals surface area contributed by atoms with Crippen molar-refractivity contribution in [2.24, 2.45) is 0 Å². The van der Waals surface area contributed by atoms with Gasteiger partial charge in [0.1, 0.15) is 0 Å².